The van der Waals surface area contributed by atoms with Crippen molar-refractivity contribution >= 4 is 5.69 Å². The van der Waals surface area contributed by atoms with E-state index in [4.69, 9.17) is 10.5 Å². The van der Waals surface area contributed by atoms with Crippen molar-refractivity contribution in [3.05, 3.63) is 62.7 Å². The first-order valence-corrected chi connectivity index (χ1v) is 6.65. The average Bonchev–Trinajstić information content (AvgIpc) is 2.42. The van der Waals surface area contributed by atoms with E-state index < -0.39 is 4.92 Å². The van der Waals surface area contributed by atoms with Gasteiger partial charge in [-0.05, 0) is 38.5 Å². The van der Waals surface area contributed by atoms with Gasteiger partial charge < -0.3 is 10.5 Å². The Morgan fingerprint density at radius 1 is 1.10 bits per heavy atom. The lowest BCUT2D eigenvalue weighted by molar-refractivity contribution is -0.385. The highest BCUT2D eigenvalue weighted by atomic mass is 16.6. The number of benzene rings is 2. The van der Waals surface area contributed by atoms with Crippen LogP contribution in [0.1, 0.15) is 22.3 Å². The van der Waals surface area contributed by atoms with Gasteiger partial charge in [0.25, 0.3) is 5.69 Å². The molecule has 2 rings (SSSR count). The van der Waals surface area contributed by atoms with E-state index in [9.17, 15) is 10.1 Å². The van der Waals surface area contributed by atoms with Crippen LogP contribution in [0.25, 0.3) is 0 Å². The summed E-state index contributed by atoms with van der Waals surface area (Å²) >= 11 is 0. The number of rotatable bonds is 4. The predicted octanol–water partition coefficient (Wildman–Crippen LogP) is 3.77. The number of nitrogens with zero attached hydrogens (tertiary/aromatic N) is 1. The summed E-state index contributed by atoms with van der Waals surface area (Å²) in [6, 6.07) is 8.93. The maximum absolute atomic E-state index is 11.0. The van der Waals surface area contributed by atoms with Gasteiger partial charge in [0, 0.05) is 17.7 Å². The molecular weight excluding hydrogens is 268 g/mol. The van der Waals surface area contributed by atoms with Crippen LogP contribution in [-0.4, -0.2) is 4.92 Å². The number of nitro benzene ring substituents is 1. The van der Waals surface area contributed by atoms with Crippen LogP contribution in [0.5, 0.6) is 11.5 Å². The van der Waals surface area contributed by atoms with Crippen LogP contribution < -0.4 is 10.5 Å². The lowest BCUT2D eigenvalue weighted by Crippen LogP contribution is -2.01. The molecule has 0 heterocycles. The third-order valence-electron chi connectivity index (χ3n) is 3.35. The lowest BCUT2D eigenvalue weighted by atomic mass is 10.1. The van der Waals surface area contributed by atoms with Crippen LogP contribution >= 0.6 is 0 Å². The molecule has 0 aliphatic rings. The van der Waals surface area contributed by atoms with Crippen LogP contribution in [0.4, 0.5) is 5.69 Å². The highest BCUT2D eigenvalue weighted by molar-refractivity contribution is 5.51. The van der Waals surface area contributed by atoms with Gasteiger partial charge >= 0.3 is 0 Å². The number of hydrogen-bond donors (Lipinski definition) is 1. The van der Waals surface area contributed by atoms with Crippen molar-refractivity contribution in [1.82, 2.24) is 0 Å². The maximum Gasteiger partial charge on any atom is 0.276 e. The van der Waals surface area contributed by atoms with Crippen LogP contribution in [0, 0.1) is 30.9 Å². The van der Waals surface area contributed by atoms with Crippen LogP contribution in [-0.2, 0) is 6.54 Å². The van der Waals surface area contributed by atoms with Crippen molar-refractivity contribution in [3.63, 3.8) is 0 Å². The van der Waals surface area contributed by atoms with Crippen molar-refractivity contribution in [2.45, 2.75) is 27.3 Å². The number of hydrogen-bond acceptors (Lipinski definition) is 4. The molecule has 0 atom stereocenters. The zero-order valence-electron chi connectivity index (χ0n) is 12.3. The number of ether oxygens (including phenoxy) is 1. The number of aryl methyl sites for hydroxylation is 3. The van der Waals surface area contributed by atoms with Crippen molar-refractivity contribution in [3.8, 4) is 11.5 Å². The Morgan fingerprint density at radius 3 is 2.43 bits per heavy atom. The molecule has 0 bridgehead atoms. The van der Waals surface area contributed by atoms with E-state index >= 15 is 0 Å². The first-order valence-electron chi connectivity index (χ1n) is 6.65. The lowest BCUT2D eigenvalue weighted by Gasteiger charge is -2.13. The average molecular weight is 286 g/mol. The molecule has 2 aromatic rings. The van der Waals surface area contributed by atoms with Crippen molar-refractivity contribution in [2.24, 2.45) is 5.73 Å². The summed E-state index contributed by atoms with van der Waals surface area (Å²) in [6.45, 7) is 5.91. The summed E-state index contributed by atoms with van der Waals surface area (Å²) in [5.74, 6) is 1.11. The van der Waals surface area contributed by atoms with Gasteiger partial charge in [-0.25, -0.2) is 0 Å². The fourth-order valence-corrected chi connectivity index (χ4v) is 2.21. The topological polar surface area (TPSA) is 78.4 Å². The molecule has 0 aromatic heterocycles. The highest BCUT2D eigenvalue weighted by Crippen LogP contribution is 2.33. The smallest absolute Gasteiger partial charge is 0.276 e. The number of nitro groups is 1. The Bertz CT molecular complexity index is 696. The molecule has 0 aliphatic heterocycles. The van der Waals surface area contributed by atoms with E-state index in [1.807, 2.05) is 32.0 Å². The molecule has 0 unspecified atom stereocenters. The summed E-state index contributed by atoms with van der Waals surface area (Å²) in [5, 5.41) is 11.0. The Kier molecular flexibility index (Phi) is 4.23. The Hall–Kier alpha value is -2.40. The monoisotopic (exact) mass is 286 g/mol. The molecule has 0 spiro atoms. The minimum absolute atomic E-state index is 0.0528. The van der Waals surface area contributed by atoms with E-state index in [1.165, 1.54) is 6.07 Å². The molecule has 5 nitrogen and oxygen atoms in total. The zero-order valence-corrected chi connectivity index (χ0v) is 12.3. The van der Waals surface area contributed by atoms with Gasteiger partial charge in [-0.15, -0.1) is 0 Å². The Morgan fingerprint density at radius 2 is 1.81 bits per heavy atom. The Labute approximate surface area is 123 Å². The van der Waals surface area contributed by atoms with E-state index in [1.54, 1.807) is 13.0 Å². The molecule has 0 saturated carbocycles. The van der Waals surface area contributed by atoms with Gasteiger partial charge in [-0.2, -0.15) is 0 Å². The molecule has 5 heteroatoms. The molecule has 0 aliphatic carbocycles. The quantitative estimate of drug-likeness (QED) is 0.685. The van der Waals surface area contributed by atoms with Gasteiger partial charge in [-0.3, -0.25) is 10.1 Å². The molecule has 2 N–H and O–H groups in total. The van der Waals surface area contributed by atoms with Gasteiger partial charge in [-0.1, -0.05) is 17.7 Å². The maximum atomic E-state index is 11.0. The van der Waals surface area contributed by atoms with Gasteiger partial charge in [0.1, 0.15) is 11.5 Å². The SMILES string of the molecule is Cc1ccc(Oc2cc([N+](=O)[O-])c(C)cc2C)c(CN)c1. The van der Waals surface area contributed by atoms with E-state index in [0.29, 0.717) is 23.6 Å². The summed E-state index contributed by atoms with van der Waals surface area (Å²) < 4.78 is 5.85. The summed E-state index contributed by atoms with van der Waals surface area (Å²) in [6.07, 6.45) is 0. The van der Waals surface area contributed by atoms with Gasteiger partial charge in [0.15, 0.2) is 0 Å². The van der Waals surface area contributed by atoms with Crippen LogP contribution in [0.3, 0.4) is 0 Å². The largest absolute Gasteiger partial charge is 0.456 e. The van der Waals surface area contributed by atoms with Gasteiger partial charge in [0.2, 0.25) is 0 Å². The first-order chi connectivity index (χ1) is 9.92. The molecule has 0 amide bonds. The standard InChI is InChI=1S/C16H18N2O3/c1-10-4-5-15(13(6-10)9-17)21-16-8-14(18(19)20)11(2)7-12(16)3/h4-8H,9,17H2,1-3H3. The molecule has 110 valence electrons. The molecule has 0 saturated heterocycles. The fourth-order valence-electron chi connectivity index (χ4n) is 2.21. The van der Waals surface area contributed by atoms with Crippen molar-refractivity contribution in [1.29, 1.82) is 0 Å². The molecule has 0 fully saturated rings. The third-order valence-corrected chi connectivity index (χ3v) is 3.35. The molecular formula is C16H18N2O3. The second-order valence-electron chi connectivity index (χ2n) is 5.08. The predicted molar refractivity (Wildman–Crippen MR) is 81.7 cm³/mol. The summed E-state index contributed by atoms with van der Waals surface area (Å²) in [5.41, 5.74) is 9.21. The van der Waals surface area contributed by atoms with E-state index in [0.717, 1.165) is 16.7 Å². The Balaban J connectivity index is 2.44. The molecule has 0 radical (unpaired) electrons. The highest BCUT2D eigenvalue weighted by Gasteiger charge is 2.15. The van der Waals surface area contributed by atoms with Crippen molar-refractivity contribution < 1.29 is 9.66 Å². The van der Waals surface area contributed by atoms with Crippen molar-refractivity contribution in [2.75, 3.05) is 0 Å². The second-order valence-corrected chi connectivity index (χ2v) is 5.08. The van der Waals surface area contributed by atoms with E-state index in [-0.39, 0.29) is 5.69 Å². The van der Waals surface area contributed by atoms with Crippen LogP contribution in [0.2, 0.25) is 0 Å². The van der Waals surface area contributed by atoms with Gasteiger partial charge in [0.05, 0.1) is 11.0 Å². The minimum atomic E-state index is -0.402. The summed E-state index contributed by atoms with van der Waals surface area (Å²) in [7, 11) is 0. The third kappa shape index (κ3) is 3.20. The fraction of sp³-hybridized carbons (Fsp3) is 0.250. The van der Waals surface area contributed by atoms with Crippen LogP contribution in [0.15, 0.2) is 30.3 Å². The first kappa shape index (κ1) is 15.0. The number of nitrogens with two attached hydrogens (primary N) is 1. The second kappa shape index (κ2) is 5.93. The van der Waals surface area contributed by atoms with E-state index in [2.05, 4.69) is 0 Å². The molecule has 2 aromatic carbocycles. The normalized spacial score (nSPS) is 10.5. The molecule has 21 heavy (non-hydrogen) atoms. The minimum Gasteiger partial charge on any atom is -0.456 e. The zero-order chi connectivity index (χ0) is 15.6. The summed E-state index contributed by atoms with van der Waals surface area (Å²) in [4.78, 5) is 10.6.